The number of aliphatic carboxylic acids is 1. The molecule has 0 spiro atoms. The number of phenols is 2. The van der Waals surface area contributed by atoms with Crippen LogP contribution in [0.2, 0.25) is 0 Å². The Bertz CT molecular complexity index is 2050. The Morgan fingerprint density at radius 3 is 1.56 bits per heavy atom. The number of fused-ring (bicyclic) bond motifs is 1. The van der Waals surface area contributed by atoms with Gasteiger partial charge in [0.05, 0.1) is 0 Å². The van der Waals surface area contributed by atoms with E-state index in [-0.39, 0.29) is 43.1 Å². The first-order valence-corrected chi connectivity index (χ1v) is 18.8. The Morgan fingerprint density at radius 2 is 1.00 bits per heavy atom. The molecule has 0 saturated heterocycles. The Hall–Kier alpha value is -6.16. The summed E-state index contributed by atoms with van der Waals surface area (Å²) in [7, 11) is 0. The number of phenolic OH excluding ortho intramolecular Hbond substituents is 2. The van der Waals surface area contributed by atoms with Gasteiger partial charge in [-0.25, -0.2) is 4.79 Å². The summed E-state index contributed by atoms with van der Waals surface area (Å²) in [4.78, 5) is 53.7. The maximum atomic E-state index is 14.1. The molecule has 0 saturated carbocycles. The molecule has 5 aromatic carbocycles. The topological polar surface area (TPSA) is 165 Å². The van der Waals surface area contributed by atoms with Crippen LogP contribution in [0.3, 0.4) is 0 Å². The molecule has 0 unspecified atom stereocenters. The van der Waals surface area contributed by atoms with Crippen molar-refractivity contribution in [1.82, 2.24) is 16.0 Å². The van der Waals surface area contributed by atoms with Crippen LogP contribution < -0.4 is 16.0 Å². The zero-order valence-corrected chi connectivity index (χ0v) is 31.0. The number of hydrogen-bond acceptors (Lipinski definition) is 6. The minimum atomic E-state index is -1.30. The summed E-state index contributed by atoms with van der Waals surface area (Å²) in [6, 6.07) is 30.3. The van der Waals surface area contributed by atoms with E-state index in [9.17, 15) is 34.5 Å². The van der Waals surface area contributed by atoms with Gasteiger partial charge in [0.1, 0.15) is 29.6 Å². The second-order valence-electron chi connectivity index (χ2n) is 14.0. The monoisotopic (exact) mass is 743 g/mol. The average Bonchev–Trinajstić information content (AvgIpc) is 3.18. The second kappa shape index (κ2) is 19.8. The van der Waals surface area contributed by atoms with Gasteiger partial charge in [0.15, 0.2) is 0 Å². The molecule has 286 valence electrons. The molecule has 10 nitrogen and oxygen atoms in total. The number of rotatable bonds is 19. The molecule has 3 atom stereocenters. The molecule has 0 radical (unpaired) electrons. The fraction of sp³-hybridized carbons (Fsp3) is 0.289. The SMILES string of the molecule is CCCCCc1ccc(CCC(=O)N[C@@H](Cc2ccc(O)cc2)C(=O)N[C@@H](Cc2ccc(O)cc2)C(=O)N[C@@H](Cc2ccc3ccccc3c2)C(=O)O)cc1. The minimum Gasteiger partial charge on any atom is -0.508 e. The molecule has 10 heteroatoms. The van der Waals surface area contributed by atoms with Gasteiger partial charge < -0.3 is 31.3 Å². The third-order valence-corrected chi connectivity index (χ3v) is 9.64. The number of aromatic hydroxyl groups is 2. The Labute approximate surface area is 321 Å². The van der Waals surface area contributed by atoms with Crippen LogP contribution in [0.25, 0.3) is 10.8 Å². The number of unbranched alkanes of at least 4 members (excludes halogenated alkanes) is 2. The Kier molecular flexibility index (Phi) is 14.4. The van der Waals surface area contributed by atoms with Crippen molar-refractivity contribution in [3.63, 3.8) is 0 Å². The van der Waals surface area contributed by atoms with Gasteiger partial charge in [-0.15, -0.1) is 0 Å². The van der Waals surface area contributed by atoms with Gasteiger partial charge >= 0.3 is 5.97 Å². The molecule has 0 bridgehead atoms. The molecule has 0 aliphatic heterocycles. The number of nitrogens with one attached hydrogen (secondary N) is 3. The van der Waals surface area contributed by atoms with Crippen molar-refractivity contribution in [2.45, 2.75) is 82.8 Å². The van der Waals surface area contributed by atoms with Crippen molar-refractivity contribution in [3.05, 3.63) is 143 Å². The summed E-state index contributed by atoms with van der Waals surface area (Å²) in [6.07, 6.45) is 5.12. The largest absolute Gasteiger partial charge is 0.508 e. The van der Waals surface area contributed by atoms with Gasteiger partial charge in [0.25, 0.3) is 0 Å². The lowest BCUT2D eigenvalue weighted by Crippen LogP contribution is -2.57. The lowest BCUT2D eigenvalue weighted by molar-refractivity contribution is -0.142. The first kappa shape index (κ1) is 40.0. The van der Waals surface area contributed by atoms with E-state index in [4.69, 9.17) is 0 Å². The Balaban J connectivity index is 1.31. The predicted molar refractivity (Wildman–Crippen MR) is 213 cm³/mol. The van der Waals surface area contributed by atoms with Crippen LogP contribution in [0.4, 0.5) is 0 Å². The lowest BCUT2D eigenvalue weighted by Gasteiger charge is -2.25. The highest BCUT2D eigenvalue weighted by Crippen LogP contribution is 2.18. The summed E-state index contributed by atoms with van der Waals surface area (Å²) in [5, 5.41) is 40.0. The molecule has 0 fully saturated rings. The minimum absolute atomic E-state index is 0.00685. The van der Waals surface area contributed by atoms with E-state index in [0.29, 0.717) is 23.1 Å². The highest BCUT2D eigenvalue weighted by molar-refractivity contribution is 5.94. The third kappa shape index (κ3) is 12.5. The molecular weight excluding hydrogens is 695 g/mol. The maximum Gasteiger partial charge on any atom is 0.326 e. The molecule has 6 N–H and O–H groups in total. The molecule has 0 aliphatic carbocycles. The summed E-state index contributed by atoms with van der Waals surface area (Å²) < 4.78 is 0. The molecule has 0 aliphatic rings. The van der Waals surface area contributed by atoms with E-state index in [2.05, 4.69) is 35.0 Å². The quantitative estimate of drug-likeness (QED) is 0.0550. The van der Waals surface area contributed by atoms with Gasteiger partial charge in [-0.2, -0.15) is 0 Å². The van der Waals surface area contributed by atoms with Crippen molar-refractivity contribution in [2.75, 3.05) is 0 Å². The number of carbonyl (C=O) groups excluding carboxylic acids is 3. The first-order valence-electron chi connectivity index (χ1n) is 18.8. The number of aryl methyl sites for hydroxylation is 2. The Morgan fingerprint density at radius 1 is 0.527 bits per heavy atom. The predicted octanol–water partition coefficient (Wildman–Crippen LogP) is 6.18. The number of hydrogen-bond donors (Lipinski definition) is 6. The number of carboxylic acids is 1. The van der Waals surface area contributed by atoms with Crippen molar-refractivity contribution in [1.29, 1.82) is 0 Å². The normalized spacial score (nSPS) is 12.7. The molecule has 5 aromatic rings. The van der Waals surface area contributed by atoms with Crippen LogP contribution >= 0.6 is 0 Å². The molecule has 3 amide bonds. The molecule has 5 rings (SSSR count). The summed E-state index contributed by atoms with van der Waals surface area (Å²) >= 11 is 0. The average molecular weight is 744 g/mol. The number of amides is 3. The third-order valence-electron chi connectivity index (χ3n) is 9.64. The molecule has 55 heavy (non-hydrogen) atoms. The van der Waals surface area contributed by atoms with Crippen molar-refractivity contribution >= 4 is 34.5 Å². The lowest BCUT2D eigenvalue weighted by atomic mass is 10.00. The van der Waals surface area contributed by atoms with E-state index in [1.807, 2.05) is 54.6 Å². The maximum absolute atomic E-state index is 14.1. The van der Waals surface area contributed by atoms with Gasteiger partial charge in [-0.3, -0.25) is 14.4 Å². The van der Waals surface area contributed by atoms with Crippen molar-refractivity contribution in [2.24, 2.45) is 0 Å². The summed E-state index contributed by atoms with van der Waals surface area (Å²) in [5.74, 6) is -2.88. The van der Waals surface area contributed by atoms with E-state index < -0.39 is 35.9 Å². The highest BCUT2D eigenvalue weighted by atomic mass is 16.4. The molecular formula is C45H49N3O7. The first-order chi connectivity index (χ1) is 26.6. The summed E-state index contributed by atoms with van der Waals surface area (Å²) in [6.45, 7) is 2.17. The van der Waals surface area contributed by atoms with Gasteiger partial charge in [0.2, 0.25) is 17.7 Å². The fourth-order valence-corrected chi connectivity index (χ4v) is 6.48. The fourth-order valence-electron chi connectivity index (χ4n) is 6.48. The molecule has 0 aromatic heterocycles. The van der Waals surface area contributed by atoms with Crippen molar-refractivity contribution in [3.8, 4) is 11.5 Å². The van der Waals surface area contributed by atoms with E-state index >= 15 is 0 Å². The van der Waals surface area contributed by atoms with Crippen molar-refractivity contribution < 1.29 is 34.5 Å². The zero-order valence-electron chi connectivity index (χ0n) is 31.0. The van der Waals surface area contributed by atoms with E-state index in [1.165, 1.54) is 36.2 Å². The van der Waals surface area contributed by atoms with Crippen LogP contribution in [0.5, 0.6) is 11.5 Å². The van der Waals surface area contributed by atoms with E-state index in [1.54, 1.807) is 24.3 Å². The zero-order chi connectivity index (χ0) is 39.2. The smallest absolute Gasteiger partial charge is 0.326 e. The second-order valence-corrected chi connectivity index (χ2v) is 14.0. The number of benzene rings is 5. The van der Waals surface area contributed by atoms with Gasteiger partial charge in [-0.05, 0) is 82.1 Å². The van der Waals surface area contributed by atoms with Crippen LogP contribution in [-0.4, -0.2) is 57.1 Å². The van der Waals surface area contributed by atoms with Crippen LogP contribution in [0.1, 0.15) is 60.4 Å². The highest BCUT2D eigenvalue weighted by Gasteiger charge is 2.30. The van der Waals surface area contributed by atoms with Gasteiger partial charge in [-0.1, -0.05) is 111 Å². The van der Waals surface area contributed by atoms with Gasteiger partial charge in [0, 0.05) is 25.7 Å². The van der Waals surface area contributed by atoms with Crippen LogP contribution in [-0.2, 0) is 51.3 Å². The molecule has 0 heterocycles. The number of carboxylic acid groups (broad SMARTS) is 1. The summed E-state index contributed by atoms with van der Waals surface area (Å²) in [5.41, 5.74) is 4.23. The van der Waals surface area contributed by atoms with Crippen LogP contribution in [0, 0.1) is 0 Å². The van der Waals surface area contributed by atoms with Crippen LogP contribution in [0.15, 0.2) is 115 Å². The van der Waals surface area contributed by atoms with E-state index in [0.717, 1.165) is 35.6 Å². The number of carbonyl (C=O) groups is 4. The standard InChI is InChI=1S/C45H49N3O7/c1-2-3-4-7-30-10-12-31(13-11-30)19-25-42(51)46-39(27-32-15-21-37(49)22-16-32)43(52)47-40(28-33-17-23-38(50)24-18-33)44(53)48-41(45(54)55)29-34-14-20-35-8-5-6-9-36(35)26-34/h5-6,8-18,20-24,26,39-41,49-50H,2-4,7,19,25,27-29H2,1H3,(H,46,51)(H,47,52)(H,48,53)(H,54,55)/t39-,40-,41-/m0/s1.